The van der Waals surface area contributed by atoms with Crippen molar-refractivity contribution in [3.63, 3.8) is 0 Å². The van der Waals surface area contributed by atoms with Gasteiger partial charge in [0, 0.05) is 25.8 Å². The van der Waals surface area contributed by atoms with Gasteiger partial charge in [0.25, 0.3) is 0 Å². The van der Waals surface area contributed by atoms with Crippen LogP contribution in [0.1, 0.15) is 11.3 Å². The van der Waals surface area contributed by atoms with Gasteiger partial charge in [-0.05, 0) is 23.8 Å². The van der Waals surface area contributed by atoms with E-state index < -0.39 is 11.9 Å². The Morgan fingerprint density at radius 3 is 2.44 bits per heavy atom. The molecule has 1 aromatic carbocycles. The van der Waals surface area contributed by atoms with Gasteiger partial charge in [0.2, 0.25) is 11.9 Å². The van der Waals surface area contributed by atoms with Crippen LogP contribution in [0, 0.1) is 5.82 Å². The SMILES string of the molecule is O=C1CN(c2nccc(C(F)(F)F)n2)CCN1Cc1ccc(F)cc1. The van der Waals surface area contributed by atoms with Crippen molar-refractivity contribution < 1.29 is 22.4 Å². The molecule has 1 fully saturated rings. The largest absolute Gasteiger partial charge is 0.433 e. The average Bonchev–Trinajstić information content (AvgIpc) is 2.58. The van der Waals surface area contributed by atoms with Crippen molar-refractivity contribution in [2.24, 2.45) is 0 Å². The van der Waals surface area contributed by atoms with Crippen LogP contribution in [0.2, 0.25) is 0 Å². The summed E-state index contributed by atoms with van der Waals surface area (Å²) in [6.07, 6.45) is -3.54. The molecule has 0 aliphatic carbocycles. The first-order chi connectivity index (χ1) is 11.8. The number of nitrogens with zero attached hydrogens (tertiary/aromatic N) is 4. The van der Waals surface area contributed by atoms with Crippen LogP contribution >= 0.6 is 0 Å². The molecular weight excluding hydrogens is 340 g/mol. The summed E-state index contributed by atoms with van der Waals surface area (Å²) in [6, 6.07) is 6.59. The zero-order chi connectivity index (χ0) is 18.0. The Balaban J connectivity index is 1.67. The lowest BCUT2D eigenvalue weighted by Crippen LogP contribution is -2.50. The number of anilines is 1. The molecule has 1 aliphatic heterocycles. The van der Waals surface area contributed by atoms with Crippen molar-refractivity contribution >= 4 is 11.9 Å². The first-order valence-corrected chi connectivity index (χ1v) is 7.50. The number of rotatable bonds is 3. The molecule has 1 saturated heterocycles. The molecule has 2 aromatic rings. The van der Waals surface area contributed by atoms with Crippen LogP contribution < -0.4 is 4.90 Å². The lowest BCUT2D eigenvalue weighted by atomic mass is 10.2. The van der Waals surface area contributed by atoms with Crippen LogP contribution in [-0.4, -0.2) is 40.4 Å². The molecular formula is C16H14F4N4O. The van der Waals surface area contributed by atoms with Gasteiger partial charge < -0.3 is 9.80 Å². The zero-order valence-corrected chi connectivity index (χ0v) is 13.0. The average molecular weight is 354 g/mol. The van der Waals surface area contributed by atoms with Crippen molar-refractivity contribution in [3.05, 3.63) is 53.6 Å². The highest BCUT2D eigenvalue weighted by Gasteiger charge is 2.34. The lowest BCUT2D eigenvalue weighted by molar-refractivity contribution is -0.141. The fourth-order valence-corrected chi connectivity index (χ4v) is 2.52. The number of carbonyl (C=O) groups is 1. The van der Waals surface area contributed by atoms with E-state index in [4.69, 9.17) is 0 Å². The molecule has 0 atom stereocenters. The van der Waals surface area contributed by atoms with Gasteiger partial charge in [0.05, 0.1) is 0 Å². The summed E-state index contributed by atoms with van der Waals surface area (Å²) < 4.78 is 51.1. The topological polar surface area (TPSA) is 49.3 Å². The standard InChI is InChI=1S/C16H14F4N4O/c17-12-3-1-11(2-4-12)9-23-7-8-24(10-14(23)25)15-21-6-5-13(22-15)16(18,19)20/h1-6H,7-10H2. The van der Waals surface area contributed by atoms with Crippen molar-refractivity contribution in [2.75, 3.05) is 24.5 Å². The molecule has 5 nitrogen and oxygen atoms in total. The fraction of sp³-hybridized carbons (Fsp3) is 0.312. The molecule has 0 bridgehead atoms. The Kier molecular flexibility index (Phi) is 4.56. The summed E-state index contributed by atoms with van der Waals surface area (Å²) in [5.41, 5.74) is -0.266. The molecule has 0 spiro atoms. The predicted octanol–water partition coefficient (Wildman–Crippen LogP) is 2.48. The normalized spacial score (nSPS) is 15.6. The smallest absolute Gasteiger partial charge is 0.335 e. The van der Waals surface area contributed by atoms with Crippen molar-refractivity contribution in [1.29, 1.82) is 0 Å². The fourth-order valence-electron chi connectivity index (χ4n) is 2.52. The highest BCUT2D eigenvalue weighted by atomic mass is 19.4. The van der Waals surface area contributed by atoms with E-state index >= 15 is 0 Å². The van der Waals surface area contributed by atoms with E-state index in [1.165, 1.54) is 17.0 Å². The Morgan fingerprint density at radius 1 is 1.08 bits per heavy atom. The van der Waals surface area contributed by atoms with Crippen LogP contribution in [0.5, 0.6) is 0 Å². The summed E-state index contributed by atoms with van der Waals surface area (Å²) in [5, 5.41) is 0. The van der Waals surface area contributed by atoms with E-state index in [0.717, 1.165) is 17.8 Å². The number of hydrogen-bond acceptors (Lipinski definition) is 4. The molecule has 9 heteroatoms. The van der Waals surface area contributed by atoms with E-state index in [1.807, 2.05) is 0 Å². The predicted molar refractivity (Wildman–Crippen MR) is 81.1 cm³/mol. The van der Waals surface area contributed by atoms with Crippen LogP contribution in [0.4, 0.5) is 23.5 Å². The Bertz CT molecular complexity index is 763. The van der Waals surface area contributed by atoms with Crippen LogP contribution in [-0.2, 0) is 17.5 Å². The molecule has 0 unspecified atom stereocenters. The van der Waals surface area contributed by atoms with E-state index in [9.17, 15) is 22.4 Å². The molecule has 3 rings (SSSR count). The van der Waals surface area contributed by atoms with Gasteiger partial charge in [-0.3, -0.25) is 4.79 Å². The number of carbonyl (C=O) groups excluding carboxylic acids is 1. The number of aromatic nitrogens is 2. The summed E-state index contributed by atoms with van der Waals surface area (Å²) in [5.74, 6) is -0.734. The van der Waals surface area contributed by atoms with Gasteiger partial charge in [-0.2, -0.15) is 13.2 Å². The molecule has 0 saturated carbocycles. The number of halogens is 4. The summed E-state index contributed by atoms with van der Waals surface area (Å²) in [6.45, 7) is 0.836. The van der Waals surface area contributed by atoms with E-state index in [0.29, 0.717) is 19.6 Å². The first-order valence-electron chi connectivity index (χ1n) is 7.50. The Labute approximate surface area is 140 Å². The second-order valence-electron chi connectivity index (χ2n) is 5.60. The van der Waals surface area contributed by atoms with Crippen molar-refractivity contribution in [1.82, 2.24) is 14.9 Å². The number of hydrogen-bond donors (Lipinski definition) is 0. The molecule has 0 radical (unpaired) electrons. The molecule has 1 amide bonds. The van der Waals surface area contributed by atoms with Gasteiger partial charge in [-0.25, -0.2) is 14.4 Å². The molecule has 0 N–H and O–H groups in total. The third-order valence-electron chi connectivity index (χ3n) is 3.82. The third kappa shape index (κ3) is 4.04. The van der Waals surface area contributed by atoms with Crippen LogP contribution in [0.25, 0.3) is 0 Å². The summed E-state index contributed by atoms with van der Waals surface area (Å²) >= 11 is 0. The zero-order valence-electron chi connectivity index (χ0n) is 13.0. The Hall–Kier alpha value is -2.71. The number of benzene rings is 1. The second kappa shape index (κ2) is 6.66. The maximum absolute atomic E-state index is 12.9. The number of amides is 1. The molecule has 2 heterocycles. The van der Waals surface area contributed by atoms with Gasteiger partial charge in [0.15, 0.2) is 0 Å². The van der Waals surface area contributed by atoms with Crippen molar-refractivity contribution in [3.8, 4) is 0 Å². The highest BCUT2D eigenvalue weighted by molar-refractivity contribution is 5.82. The molecule has 25 heavy (non-hydrogen) atoms. The summed E-state index contributed by atoms with van der Waals surface area (Å²) in [4.78, 5) is 22.6. The van der Waals surface area contributed by atoms with E-state index in [1.54, 1.807) is 17.0 Å². The van der Waals surface area contributed by atoms with Gasteiger partial charge in [0.1, 0.15) is 18.1 Å². The maximum atomic E-state index is 12.9. The van der Waals surface area contributed by atoms with E-state index in [2.05, 4.69) is 9.97 Å². The molecule has 132 valence electrons. The van der Waals surface area contributed by atoms with Gasteiger partial charge in [-0.1, -0.05) is 12.1 Å². The maximum Gasteiger partial charge on any atom is 0.433 e. The quantitative estimate of drug-likeness (QED) is 0.795. The van der Waals surface area contributed by atoms with Crippen LogP contribution in [0.3, 0.4) is 0 Å². The minimum atomic E-state index is -4.56. The van der Waals surface area contributed by atoms with Crippen LogP contribution in [0.15, 0.2) is 36.5 Å². The van der Waals surface area contributed by atoms with E-state index in [-0.39, 0.29) is 24.2 Å². The number of alkyl halides is 3. The minimum absolute atomic E-state index is 0.109. The Morgan fingerprint density at radius 2 is 1.80 bits per heavy atom. The second-order valence-corrected chi connectivity index (χ2v) is 5.60. The lowest BCUT2D eigenvalue weighted by Gasteiger charge is -2.34. The highest BCUT2D eigenvalue weighted by Crippen LogP contribution is 2.28. The van der Waals surface area contributed by atoms with Crippen molar-refractivity contribution in [2.45, 2.75) is 12.7 Å². The third-order valence-corrected chi connectivity index (χ3v) is 3.82. The molecule has 1 aliphatic rings. The number of piperazine rings is 1. The van der Waals surface area contributed by atoms with Gasteiger partial charge >= 0.3 is 6.18 Å². The minimum Gasteiger partial charge on any atom is -0.335 e. The monoisotopic (exact) mass is 354 g/mol. The summed E-state index contributed by atoms with van der Waals surface area (Å²) in [7, 11) is 0. The first kappa shape index (κ1) is 17.1. The van der Waals surface area contributed by atoms with Gasteiger partial charge in [-0.15, -0.1) is 0 Å². The molecule has 1 aromatic heterocycles.